The molecule has 1 aliphatic rings. The van der Waals surface area contributed by atoms with Crippen LogP contribution in [0.5, 0.6) is 0 Å². The highest BCUT2D eigenvalue weighted by atomic mass is 32.3. The van der Waals surface area contributed by atoms with Gasteiger partial charge in [0.25, 0.3) is 0 Å². The number of hydrogen-bond acceptors (Lipinski definition) is 5. The second-order valence-corrected chi connectivity index (χ2v) is 4.69. The maximum atomic E-state index is 10.4. The number of rotatable bonds is 4. The van der Waals surface area contributed by atoms with Gasteiger partial charge in [-0.1, -0.05) is 0 Å². The molecular formula is C7H15NO5S. The number of aliphatic hydroxyl groups is 1. The summed E-state index contributed by atoms with van der Waals surface area (Å²) in [5, 5.41) is 9.51. The van der Waals surface area contributed by atoms with Gasteiger partial charge in [0.15, 0.2) is 5.79 Å². The van der Waals surface area contributed by atoms with Crippen molar-refractivity contribution in [3.63, 3.8) is 0 Å². The highest BCUT2D eigenvalue weighted by Crippen LogP contribution is 2.15. The van der Waals surface area contributed by atoms with Crippen LogP contribution in [0, 0.1) is 0 Å². The number of β-amino-alcohol motifs (C(OH)–C–C–N with tert-alkyl or cyclic N) is 1. The van der Waals surface area contributed by atoms with Crippen LogP contribution in [0.3, 0.4) is 0 Å². The van der Waals surface area contributed by atoms with Crippen LogP contribution in [-0.4, -0.2) is 48.4 Å². The van der Waals surface area contributed by atoms with Gasteiger partial charge >= 0.3 is 10.4 Å². The summed E-state index contributed by atoms with van der Waals surface area (Å²) in [5.74, 6) is -1.86. The third kappa shape index (κ3) is 4.34. The fourth-order valence-electron chi connectivity index (χ4n) is 1.61. The lowest BCUT2D eigenvalue weighted by atomic mass is 10.3. The van der Waals surface area contributed by atoms with Gasteiger partial charge < -0.3 is 5.11 Å². The molecule has 7 heteroatoms. The minimum Gasteiger partial charge on any atom is -0.364 e. The van der Waals surface area contributed by atoms with Gasteiger partial charge in [-0.05, 0) is 32.9 Å². The molecule has 0 bridgehead atoms. The van der Waals surface area contributed by atoms with Crippen molar-refractivity contribution in [2.75, 3.05) is 19.6 Å². The van der Waals surface area contributed by atoms with Crippen LogP contribution in [0.15, 0.2) is 0 Å². The average Bonchev–Trinajstić information content (AvgIpc) is 2.31. The van der Waals surface area contributed by atoms with Gasteiger partial charge in [0.05, 0.1) is 6.54 Å². The lowest BCUT2D eigenvalue weighted by Crippen LogP contribution is -2.43. The van der Waals surface area contributed by atoms with Crippen LogP contribution in [0.1, 0.15) is 19.8 Å². The summed E-state index contributed by atoms with van der Waals surface area (Å²) in [6.45, 7) is 2.90. The molecule has 0 aromatic heterocycles. The third-order valence-corrected chi connectivity index (χ3v) is 2.57. The van der Waals surface area contributed by atoms with E-state index in [4.69, 9.17) is 4.55 Å². The Morgan fingerprint density at radius 3 is 2.36 bits per heavy atom. The molecule has 0 spiro atoms. The number of nitrogens with zero attached hydrogens (tertiary/aromatic N) is 1. The van der Waals surface area contributed by atoms with E-state index in [1.54, 1.807) is 0 Å². The van der Waals surface area contributed by atoms with Crippen molar-refractivity contribution in [2.24, 2.45) is 0 Å². The molecule has 0 aliphatic carbocycles. The largest absolute Gasteiger partial charge is 0.400 e. The molecule has 1 fully saturated rings. The smallest absolute Gasteiger partial charge is 0.364 e. The predicted molar refractivity (Wildman–Crippen MR) is 48.9 cm³/mol. The van der Waals surface area contributed by atoms with E-state index in [0.717, 1.165) is 25.9 Å². The minimum atomic E-state index is -4.60. The Bertz CT molecular complexity index is 280. The Balaban J connectivity index is 2.48. The molecule has 2 N–H and O–H groups in total. The fraction of sp³-hybridized carbons (Fsp3) is 1.00. The predicted octanol–water partition coefficient (Wildman–Crippen LogP) is -0.390. The Labute approximate surface area is 83.4 Å². The third-order valence-electron chi connectivity index (χ3n) is 2.00. The summed E-state index contributed by atoms with van der Waals surface area (Å²) < 4.78 is 33.3. The first-order valence-corrected chi connectivity index (χ1v) is 5.78. The highest BCUT2D eigenvalue weighted by molar-refractivity contribution is 7.80. The highest BCUT2D eigenvalue weighted by Gasteiger charge is 2.31. The zero-order chi connectivity index (χ0) is 10.8. The van der Waals surface area contributed by atoms with Gasteiger partial charge in [0, 0.05) is 0 Å². The van der Waals surface area contributed by atoms with E-state index in [2.05, 4.69) is 4.18 Å². The van der Waals surface area contributed by atoms with Crippen LogP contribution in [-0.2, 0) is 14.6 Å². The molecule has 1 rings (SSSR count). The van der Waals surface area contributed by atoms with Crippen molar-refractivity contribution in [3.8, 4) is 0 Å². The van der Waals surface area contributed by atoms with E-state index in [0.29, 0.717) is 0 Å². The van der Waals surface area contributed by atoms with Gasteiger partial charge in [0.1, 0.15) is 0 Å². The van der Waals surface area contributed by atoms with Crippen molar-refractivity contribution in [1.82, 2.24) is 4.90 Å². The Morgan fingerprint density at radius 2 is 1.93 bits per heavy atom. The van der Waals surface area contributed by atoms with E-state index in [9.17, 15) is 13.5 Å². The Kier molecular flexibility index (Phi) is 3.49. The standard InChI is InChI=1S/C7H15NO5S/c1-7(9,13-14(10,11)12)6-8-4-2-3-5-8/h9H,2-6H2,1H3,(H,10,11,12). The first-order valence-electron chi connectivity index (χ1n) is 4.41. The van der Waals surface area contributed by atoms with Crippen LogP contribution >= 0.6 is 0 Å². The summed E-state index contributed by atoms with van der Waals surface area (Å²) in [4.78, 5) is 1.88. The monoisotopic (exact) mass is 225 g/mol. The van der Waals surface area contributed by atoms with Crippen molar-refractivity contribution in [1.29, 1.82) is 0 Å². The Hall–Kier alpha value is -0.210. The van der Waals surface area contributed by atoms with Crippen molar-refractivity contribution in [3.05, 3.63) is 0 Å². The van der Waals surface area contributed by atoms with Crippen LogP contribution < -0.4 is 0 Å². The fourth-order valence-corrected chi connectivity index (χ4v) is 2.12. The quantitative estimate of drug-likeness (QED) is 0.500. The summed E-state index contributed by atoms with van der Waals surface area (Å²) in [6, 6.07) is 0. The normalized spacial score (nSPS) is 23.6. The summed E-state index contributed by atoms with van der Waals surface area (Å²) in [6.07, 6.45) is 2.06. The van der Waals surface area contributed by atoms with Crippen LogP contribution in [0.25, 0.3) is 0 Å². The number of hydrogen-bond donors (Lipinski definition) is 2. The molecule has 14 heavy (non-hydrogen) atoms. The average molecular weight is 225 g/mol. The van der Waals surface area contributed by atoms with E-state index in [-0.39, 0.29) is 6.54 Å². The summed E-state index contributed by atoms with van der Waals surface area (Å²) >= 11 is 0. The van der Waals surface area contributed by atoms with E-state index >= 15 is 0 Å². The van der Waals surface area contributed by atoms with Crippen LogP contribution in [0.4, 0.5) is 0 Å². The summed E-state index contributed by atoms with van der Waals surface area (Å²) in [7, 11) is -4.60. The Morgan fingerprint density at radius 1 is 1.43 bits per heavy atom. The van der Waals surface area contributed by atoms with Gasteiger partial charge in [-0.3, -0.25) is 9.45 Å². The van der Waals surface area contributed by atoms with Crippen molar-refractivity contribution >= 4 is 10.4 Å². The second kappa shape index (κ2) is 4.11. The maximum Gasteiger partial charge on any atom is 0.400 e. The minimum absolute atomic E-state index is 0.0762. The second-order valence-electron chi connectivity index (χ2n) is 3.67. The molecular weight excluding hydrogens is 210 g/mol. The molecule has 1 unspecified atom stereocenters. The molecule has 0 aromatic carbocycles. The van der Waals surface area contributed by atoms with Gasteiger partial charge in [-0.15, -0.1) is 0 Å². The first kappa shape index (κ1) is 11.9. The topological polar surface area (TPSA) is 87.1 Å². The van der Waals surface area contributed by atoms with Crippen LogP contribution in [0.2, 0.25) is 0 Å². The molecule has 0 saturated carbocycles. The molecule has 1 atom stereocenters. The van der Waals surface area contributed by atoms with E-state index in [1.165, 1.54) is 6.92 Å². The molecule has 0 amide bonds. The molecule has 84 valence electrons. The SMILES string of the molecule is CC(O)(CN1CCCC1)OS(=O)(=O)O. The van der Waals surface area contributed by atoms with Crippen molar-refractivity contribution < 1.29 is 22.3 Å². The molecule has 6 nitrogen and oxygen atoms in total. The molecule has 1 heterocycles. The van der Waals surface area contributed by atoms with Gasteiger partial charge in [0.2, 0.25) is 0 Å². The van der Waals surface area contributed by atoms with Crippen molar-refractivity contribution in [2.45, 2.75) is 25.6 Å². The lowest BCUT2D eigenvalue weighted by molar-refractivity contribution is -0.135. The molecule has 1 aliphatic heterocycles. The van der Waals surface area contributed by atoms with Gasteiger partial charge in [-0.25, -0.2) is 4.18 Å². The molecule has 0 aromatic rings. The first-order chi connectivity index (χ1) is 6.29. The van der Waals surface area contributed by atoms with E-state index < -0.39 is 16.2 Å². The zero-order valence-electron chi connectivity index (χ0n) is 8.01. The lowest BCUT2D eigenvalue weighted by Gasteiger charge is -2.26. The zero-order valence-corrected chi connectivity index (χ0v) is 8.83. The molecule has 1 saturated heterocycles. The van der Waals surface area contributed by atoms with E-state index in [1.807, 2.05) is 4.90 Å². The summed E-state index contributed by atoms with van der Waals surface area (Å²) in [5.41, 5.74) is 0. The van der Waals surface area contributed by atoms with Gasteiger partial charge in [-0.2, -0.15) is 8.42 Å². The maximum absolute atomic E-state index is 10.4. The molecule has 0 radical (unpaired) electrons. The number of likely N-dealkylation sites (tertiary alicyclic amines) is 1.